The van der Waals surface area contributed by atoms with E-state index in [1.54, 1.807) is 6.20 Å². The molecule has 0 unspecified atom stereocenters. The first-order valence-corrected chi connectivity index (χ1v) is 7.17. The summed E-state index contributed by atoms with van der Waals surface area (Å²) in [6, 6.07) is 5.82. The Kier molecular flexibility index (Phi) is 6.41. The molecule has 0 fully saturated rings. The van der Waals surface area contributed by atoms with Crippen LogP contribution in [0.5, 0.6) is 5.88 Å². The van der Waals surface area contributed by atoms with Crippen LogP contribution in [-0.4, -0.2) is 34.6 Å². The van der Waals surface area contributed by atoms with Crippen LogP contribution in [0, 0.1) is 0 Å². The smallest absolute Gasteiger partial charge is 0.218 e. The lowest BCUT2D eigenvalue weighted by Gasteiger charge is -2.08. The van der Waals surface area contributed by atoms with E-state index in [2.05, 4.69) is 31.7 Å². The van der Waals surface area contributed by atoms with Gasteiger partial charge >= 0.3 is 0 Å². The van der Waals surface area contributed by atoms with Crippen molar-refractivity contribution < 1.29 is 4.74 Å². The fourth-order valence-corrected chi connectivity index (χ4v) is 1.83. The minimum Gasteiger partial charge on any atom is -0.478 e. The Morgan fingerprint density at radius 2 is 2.19 bits per heavy atom. The fourth-order valence-electron chi connectivity index (χ4n) is 1.83. The highest BCUT2D eigenvalue weighted by atomic mass is 16.5. The lowest BCUT2D eigenvalue weighted by Crippen LogP contribution is -2.18. The average Bonchev–Trinajstić information content (AvgIpc) is 2.52. The van der Waals surface area contributed by atoms with E-state index < -0.39 is 0 Å². The Morgan fingerprint density at radius 1 is 1.24 bits per heavy atom. The summed E-state index contributed by atoms with van der Waals surface area (Å²) in [6.45, 7) is 5.17. The van der Waals surface area contributed by atoms with Gasteiger partial charge in [0.2, 0.25) is 5.88 Å². The molecule has 2 N–H and O–H groups in total. The molecule has 0 aromatic carbocycles. The van der Waals surface area contributed by atoms with Gasteiger partial charge in [0.15, 0.2) is 0 Å². The predicted molar refractivity (Wildman–Crippen MR) is 82.3 cm³/mol. The van der Waals surface area contributed by atoms with Crippen LogP contribution in [0.15, 0.2) is 36.9 Å². The van der Waals surface area contributed by atoms with Crippen LogP contribution in [0.4, 0.5) is 5.82 Å². The van der Waals surface area contributed by atoms with Crippen LogP contribution in [0.2, 0.25) is 0 Å². The molecule has 2 heterocycles. The highest BCUT2D eigenvalue weighted by molar-refractivity contribution is 5.36. The Morgan fingerprint density at radius 3 is 3.00 bits per heavy atom. The van der Waals surface area contributed by atoms with Gasteiger partial charge in [0.1, 0.15) is 12.1 Å². The van der Waals surface area contributed by atoms with Crippen molar-refractivity contribution in [2.24, 2.45) is 0 Å². The molecule has 21 heavy (non-hydrogen) atoms. The van der Waals surface area contributed by atoms with E-state index in [1.807, 2.05) is 25.3 Å². The third-order valence-electron chi connectivity index (χ3n) is 2.82. The minimum absolute atomic E-state index is 0.602. The second kappa shape index (κ2) is 8.86. The summed E-state index contributed by atoms with van der Waals surface area (Å²) >= 11 is 0. The fraction of sp³-hybridized carbons (Fsp3) is 0.400. The van der Waals surface area contributed by atoms with Crippen molar-refractivity contribution in [1.29, 1.82) is 0 Å². The highest BCUT2D eigenvalue weighted by Crippen LogP contribution is 2.10. The maximum Gasteiger partial charge on any atom is 0.218 e. The van der Waals surface area contributed by atoms with E-state index in [1.165, 1.54) is 11.9 Å². The standard InChI is InChI=1S/C15H21N5O/c1-2-21-15-9-14(19-12-20-15)18-8-4-7-17-11-13-5-3-6-16-10-13/h3,5-6,9-10,12,17H,2,4,7-8,11H2,1H3,(H,18,19,20). The third-order valence-corrected chi connectivity index (χ3v) is 2.82. The molecule has 0 atom stereocenters. The van der Waals surface area contributed by atoms with Gasteiger partial charge in [-0.25, -0.2) is 9.97 Å². The molecule has 0 amide bonds. The number of ether oxygens (including phenoxy) is 1. The second-order valence-electron chi connectivity index (χ2n) is 4.49. The Bertz CT molecular complexity index is 520. The first-order chi connectivity index (χ1) is 10.4. The number of rotatable bonds is 9. The zero-order valence-corrected chi connectivity index (χ0v) is 12.2. The van der Waals surface area contributed by atoms with Gasteiger partial charge in [-0.15, -0.1) is 0 Å². The lowest BCUT2D eigenvalue weighted by atomic mass is 10.3. The first kappa shape index (κ1) is 15.2. The molecule has 0 saturated heterocycles. The SMILES string of the molecule is CCOc1cc(NCCCNCc2cccnc2)ncn1. The quantitative estimate of drug-likeness (QED) is 0.686. The van der Waals surface area contributed by atoms with E-state index in [0.29, 0.717) is 12.5 Å². The summed E-state index contributed by atoms with van der Waals surface area (Å²) < 4.78 is 5.33. The zero-order valence-electron chi connectivity index (χ0n) is 12.2. The predicted octanol–water partition coefficient (Wildman–Crippen LogP) is 1.86. The maximum atomic E-state index is 5.33. The number of hydrogen-bond donors (Lipinski definition) is 2. The van der Waals surface area contributed by atoms with Crippen LogP contribution < -0.4 is 15.4 Å². The summed E-state index contributed by atoms with van der Waals surface area (Å²) in [5, 5.41) is 6.64. The molecule has 0 aliphatic rings. The van der Waals surface area contributed by atoms with Crippen LogP contribution in [0.3, 0.4) is 0 Å². The Hall–Kier alpha value is -2.21. The molecule has 0 radical (unpaired) electrons. The van der Waals surface area contributed by atoms with E-state index in [0.717, 1.165) is 31.9 Å². The molecule has 6 nitrogen and oxygen atoms in total. The summed E-state index contributed by atoms with van der Waals surface area (Å²) in [6.07, 6.45) is 6.18. The van der Waals surface area contributed by atoms with Gasteiger partial charge in [-0.2, -0.15) is 0 Å². The normalized spacial score (nSPS) is 10.3. The van der Waals surface area contributed by atoms with E-state index >= 15 is 0 Å². The van der Waals surface area contributed by atoms with Crippen LogP contribution in [0.25, 0.3) is 0 Å². The molecule has 0 bridgehead atoms. The molecule has 2 rings (SSSR count). The van der Waals surface area contributed by atoms with Crippen molar-refractivity contribution in [3.63, 3.8) is 0 Å². The molecular formula is C15H21N5O. The second-order valence-corrected chi connectivity index (χ2v) is 4.49. The summed E-state index contributed by atoms with van der Waals surface area (Å²) in [5.41, 5.74) is 1.20. The maximum absolute atomic E-state index is 5.33. The van der Waals surface area contributed by atoms with Gasteiger partial charge in [0, 0.05) is 31.5 Å². The van der Waals surface area contributed by atoms with Gasteiger partial charge in [0.05, 0.1) is 6.61 Å². The lowest BCUT2D eigenvalue weighted by molar-refractivity contribution is 0.326. The van der Waals surface area contributed by atoms with Crippen molar-refractivity contribution in [3.8, 4) is 5.88 Å². The van der Waals surface area contributed by atoms with Crippen LogP contribution in [0.1, 0.15) is 18.9 Å². The Labute approximate surface area is 125 Å². The molecule has 0 aliphatic carbocycles. The Balaban J connectivity index is 1.60. The molecule has 2 aromatic rings. The molecule has 0 spiro atoms. The van der Waals surface area contributed by atoms with Gasteiger partial charge in [-0.3, -0.25) is 4.98 Å². The summed E-state index contributed by atoms with van der Waals surface area (Å²) in [7, 11) is 0. The molecule has 0 aliphatic heterocycles. The topological polar surface area (TPSA) is 72.0 Å². The zero-order chi connectivity index (χ0) is 14.8. The van der Waals surface area contributed by atoms with Gasteiger partial charge in [-0.05, 0) is 31.5 Å². The number of anilines is 1. The van der Waals surface area contributed by atoms with E-state index in [4.69, 9.17) is 4.74 Å². The van der Waals surface area contributed by atoms with Crippen LogP contribution >= 0.6 is 0 Å². The highest BCUT2D eigenvalue weighted by Gasteiger charge is 1.98. The average molecular weight is 287 g/mol. The van der Waals surface area contributed by atoms with Crippen molar-refractivity contribution in [2.75, 3.05) is 25.0 Å². The number of pyridine rings is 1. The number of aromatic nitrogens is 3. The van der Waals surface area contributed by atoms with Crippen molar-refractivity contribution in [1.82, 2.24) is 20.3 Å². The number of hydrogen-bond acceptors (Lipinski definition) is 6. The van der Waals surface area contributed by atoms with Crippen LogP contribution in [-0.2, 0) is 6.54 Å². The van der Waals surface area contributed by atoms with Crippen molar-refractivity contribution >= 4 is 5.82 Å². The van der Waals surface area contributed by atoms with Crippen molar-refractivity contribution in [3.05, 3.63) is 42.5 Å². The molecule has 2 aromatic heterocycles. The number of nitrogens with one attached hydrogen (secondary N) is 2. The monoisotopic (exact) mass is 287 g/mol. The van der Waals surface area contributed by atoms with Gasteiger partial charge in [-0.1, -0.05) is 6.07 Å². The molecular weight excluding hydrogens is 266 g/mol. The first-order valence-electron chi connectivity index (χ1n) is 7.17. The van der Waals surface area contributed by atoms with Gasteiger partial charge < -0.3 is 15.4 Å². The minimum atomic E-state index is 0.602. The third kappa shape index (κ3) is 5.74. The summed E-state index contributed by atoms with van der Waals surface area (Å²) in [5.74, 6) is 1.39. The number of nitrogens with zero attached hydrogens (tertiary/aromatic N) is 3. The van der Waals surface area contributed by atoms with Gasteiger partial charge in [0.25, 0.3) is 0 Å². The van der Waals surface area contributed by atoms with E-state index in [-0.39, 0.29) is 0 Å². The molecule has 6 heteroatoms. The largest absolute Gasteiger partial charge is 0.478 e. The summed E-state index contributed by atoms with van der Waals surface area (Å²) in [4.78, 5) is 12.3. The van der Waals surface area contributed by atoms with E-state index in [9.17, 15) is 0 Å². The molecule has 112 valence electrons. The molecule has 0 saturated carbocycles. The van der Waals surface area contributed by atoms with Crippen molar-refractivity contribution in [2.45, 2.75) is 19.9 Å².